The molecule has 0 saturated heterocycles. The van der Waals surface area contributed by atoms with E-state index in [1.165, 1.54) is 16.7 Å². The number of allylic oxidation sites excluding steroid dienone is 2. The van der Waals surface area contributed by atoms with Crippen LogP contribution in [-0.2, 0) is 24.0 Å². The first kappa shape index (κ1) is 31.0. The van der Waals surface area contributed by atoms with Crippen LogP contribution < -0.4 is 0 Å². The van der Waals surface area contributed by atoms with Crippen LogP contribution in [0.5, 0.6) is 0 Å². The fourth-order valence-electron chi connectivity index (χ4n) is 8.43. The Morgan fingerprint density at radius 2 is 1.40 bits per heavy atom. The summed E-state index contributed by atoms with van der Waals surface area (Å²) < 4.78 is 0.852. The summed E-state index contributed by atoms with van der Waals surface area (Å²) in [7, 11) is 0. The van der Waals surface area contributed by atoms with Crippen molar-refractivity contribution in [2.45, 2.75) is 51.2 Å². The monoisotopic (exact) mass is 690 g/mol. The number of rotatable bonds is 2. The zero-order chi connectivity index (χ0) is 33.2. The van der Waals surface area contributed by atoms with Crippen LogP contribution in [0.1, 0.15) is 82.8 Å². The molecule has 0 radical (unpaired) electrons. The normalized spacial score (nSPS) is 21.9. The summed E-state index contributed by atoms with van der Waals surface area (Å²) in [4.78, 5) is 0. The molecule has 2 nitrogen and oxygen atoms in total. The standard InChI is InChI=1S/C43H33BrO2.C2H6/c1-26-14-15-28-17-19-32(24-30(28)22-26)43(46)39-25-33(44)20-21-38(39)42(45,31-18-16-27-8-2-3-9-29(27)23-31)40-36-12-6-4-10-34(36)35-11-5-7-13-37(35)41(40)43;1-2/h2-3,5-9,11-21,23-26,45-46H,4,10,22H2,1H3;1-2H3. The third-order valence-electron chi connectivity index (χ3n) is 10.6. The molecule has 0 bridgehead atoms. The van der Waals surface area contributed by atoms with E-state index in [1.54, 1.807) is 0 Å². The van der Waals surface area contributed by atoms with Gasteiger partial charge in [-0.2, -0.15) is 0 Å². The van der Waals surface area contributed by atoms with Crippen molar-refractivity contribution >= 4 is 49.6 Å². The molecule has 3 heteroatoms. The van der Waals surface area contributed by atoms with Crippen LogP contribution in [-0.4, -0.2) is 10.2 Å². The lowest BCUT2D eigenvalue weighted by Gasteiger charge is -2.47. The molecule has 0 spiro atoms. The van der Waals surface area contributed by atoms with Gasteiger partial charge in [0.25, 0.3) is 0 Å². The van der Waals surface area contributed by atoms with Gasteiger partial charge >= 0.3 is 0 Å². The summed E-state index contributed by atoms with van der Waals surface area (Å²) in [5.74, 6) is 0.424. The summed E-state index contributed by atoms with van der Waals surface area (Å²) in [5.41, 5.74) is 6.14. The number of hydrogen-bond acceptors (Lipinski definition) is 2. The van der Waals surface area contributed by atoms with Gasteiger partial charge in [0.1, 0.15) is 11.2 Å². The van der Waals surface area contributed by atoms with Gasteiger partial charge in [0.15, 0.2) is 0 Å². The average molecular weight is 692 g/mol. The molecule has 0 heterocycles. The molecule has 2 N–H and O–H groups in total. The molecule has 6 aromatic carbocycles. The zero-order valence-electron chi connectivity index (χ0n) is 27.6. The van der Waals surface area contributed by atoms with Crippen LogP contribution in [0, 0.1) is 5.92 Å². The van der Waals surface area contributed by atoms with E-state index < -0.39 is 11.2 Å². The molecule has 0 saturated carbocycles. The van der Waals surface area contributed by atoms with Crippen molar-refractivity contribution in [3.8, 4) is 0 Å². The minimum atomic E-state index is -1.53. The Morgan fingerprint density at radius 1 is 0.688 bits per heavy atom. The largest absolute Gasteiger partial charge is 0.376 e. The van der Waals surface area contributed by atoms with Crippen LogP contribution in [0.3, 0.4) is 0 Å². The Morgan fingerprint density at radius 3 is 2.23 bits per heavy atom. The maximum Gasteiger partial charge on any atom is 0.142 e. The van der Waals surface area contributed by atoms with E-state index >= 15 is 0 Å². The second-order valence-corrected chi connectivity index (χ2v) is 14.2. The lowest BCUT2D eigenvalue weighted by molar-refractivity contribution is 0.0757. The van der Waals surface area contributed by atoms with Crippen molar-refractivity contribution in [2.75, 3.05) is 0 Å². The van der Waals surface area contributed by atoms with Crippen molar-refractivity contribution in [3.05, 3.63) is 175 Å². The lowest BCUT2D eigenvalue weighted by atomic mass is 9.60. The highest BCUT2D eigenvalue weighted by atomic mass is 79.9. The maximum atomic E-state index is 13.7. The fraction of sp³-hybridized carbons (Fsp3) is 0.200. The third-order valence-corrected chi connectivity index (χ3v) is 11.1. The van der Waals surface area contributed by atoms with E-state index in [1.807, 2.05) is 44.2 Å². The summed E-state index contributed by atoms with van der Waals surface area (Å²) in [5, 5.41) is 31.7. The molecule has 0 aromatic heterocycles. The molecule has 9 rings (SSSR count). The molecule has 3 aliphatic rings. The van der Waals surface area contributed by atoms with Gasteiger partial charge in [-0.25, -0.2) is 0 Å². The molecule has 3 atom stereocenters. The predicted octanol–water partition coefficient (Wildman–Crippen LogP) is 10.8. The number of hydrogen-bond donors (Lipinski definition) is 2. The van der Waals surface area contributed by atoms with E-state index in [4.69, 9.17) is 0 Å². The highest BCUT2D eigenvalue weighted by Gasteiger charge is 2.53. The van der Waals surface area contributed by atoms with Gasteiger partial charge in [-0.3, -0.25) is 0 Å². The van der Waals surface area contributed by atoms with Gasteiger partial charge in [-0.1, -0.05) is 146 Å². The quantitative estimate of drug-likeness (QED) is 0.190. The number of fused-ring (bicyclic) bond motifs is 9. The van der Waals surface area contributed by atoms with E-state index in [9.17, 15) is 10.2 Å². The number of aliphatic hydroxyl groups is 2. The van der Waals surface area contributed by atoms with Gasteiger partial charge in [-0.15, -0.1) is 0 Å². The van der Waals surface area contributed by atoms with Gasteiger partial charge in [0.05, 0.1) is 0 Å². The van der Waals surface area contributed by atoms with Gasteiger partial charge < -0.3 is 10.2 Å². The molecule has 238 valence electrons. The molecule has 3 aliphatic carbocycles. The molecule has 0 aliphatic heterocycles. The van der Waals surface area contributed by atoms with E-state index in [0.29, 0.717) is 17.0 Å². The molecule has 6 aromatic rings. The van der Waals surface area contributed by atoms with E-state index in [0.717, 1.165) is 73.1 Å². The fourth-order valence-corrected chi connectivity index (χ4v) is 8.79. The first-order chi connectivity index (χ1) is 23.4. The Labute approximate surface area is 291 Å². The molecular formula is C45H39BrO2. The first-order valence-electron chi connectivity index (χ1n) is 17.2. The Kier molecular flexibility index (Phi) is 7.56. The second-order valence-electron chi connectivity index (χ2n) is 13.3. The van der Waals surface area contributed by atoms with Crippen molar-refractivity contribution in [2.24, 2.45) is 5.92 Å². The number of aryl methyl sites for hydroxylation is 1. The summed E-state index contributed by atoms with van der Waals surface area (Å²) in [6.07, 6.45) is 11.6. The highest BCUT2D eigenvalue weighted by molar-refractivity contribution is 9.10. The van der Waals surface area contributed by atoms with Crippen molar-refractivity contribution in [1.82, 2.24) is 0 Å². The Balaban J connectivity index is 0.00000165. The van der Waals surface area contributed by atoms with E-state index in [-0.39, 0.29) is 0 Å². The van der Waals surface area contributed by atoms with Gasteiger partial charge in [0, 0.05) is 21.2 Å². The summed E-state index contributed by atoms with van der Waals surface area (Å²) in [6.45, 7) is 6.24. The van der Waals surface area contributed by atoms with Crippen molar-refractivity contribution < 1.29 is 10.2 Å². The predicted molar refractivity (Wildman–Crippen MR) is 203 cm³/mol. The Bertz CT molecular complexity index is 2310. The Hall–Kier alpha value is -4.28. The average Bonchev–Trinajstić information content (AvgIpc) is 3.13. The lowest BCUT2D eigenvalue weighted by Crippen LogP contribution is -2.45. The molecule has 3 unspecified atom stereocenters. The summed E-state index contributed by atoms with van der Waals surface area (Å²) in [6, 6.07) is 35.4. The highest BCUT2D eigenvalue weighted by Crippen LogP contribution is 2.58. The molecule has 48 heavy (non-hydrogen) atoms. The van der Waals surface area contributed by atoms with Crippen LogP contribution in [0.2, 0.25) is 0 Å². The third kappa shape index (κ3) is 4.45. The zero-order valence-corrected chi connectivity index (χ0v) is 29.2. The smallest absolute Gasteiger partial charge is 0.142 e. The van der Waals surface area contributed by atoms with Gasteiger partial charge in [-0.05, 0) is 104 Å². The maximum absolute atomic E-state index is 13.7. The van der Waals surface area contributed by atoms with Crippen molar-refractivity contribution in [1.29, 1.82) is 0 Å². The first-order valence-corrected chi connectivity index (χ1v) is 18.0. The van der Waals surface area contributed by atoms with E-state index in [2.05, 4.69) is 120 Å². The minimum Gasteiger partial charge on any atom is -0.376 e. The van der Waals surface area contributed by atoms with Crippen LogP contribution in [0.4, 0.5) is 0 Å². The SMILES string of the molecule is CC.CC1C=Cc2ccc(C3(O)c4cc(Br)ccc4C(O)(c4ccc5ccccc5c4)c4c5c(c6ccccc6c43)CCC=C5)cc2C1. The topological polar surface area (TPSA) is 40.5 Å². The molecule has 0 amide bonds. The minimum absolute atomic E-state index is 0.424. The number of halogens is 1. The van der Waals surface area contributed by atoms with Crippen LogP contribution in [0.15, 0.2) is 120 Å². The van der Waals surface area contributed by atoms with Gasteiger partial charge in [0.2, 0.25) is 0 Å². The molecule has 0 fully saturated rings. The molecular weight excluding hydrogens is 652 g/mol. The van der Waals surface area contributed by atoms with Crippen LogP contribution >= 0.6 is 15.9 Å². The number of benzene rings is 6. The summed E-state index contributed by atoms with van der Waals surface area (Å²) >= 11 is 3.75. The van der Waals surface area contributed by atoms with Crippen molar-refractivity contribution in [3.63, 3.8) is 0 Å². The van der Waals surface area contributed by atoms with Crippen LogP contribution in [0.25, 0.3) is 33.7 Å². The second kappa shape index (κ2) is 11.7.